The SMILES string of the molecule is Cc1ccc(C)c([I+]c2cc(C)ccc2C)c1. The third-order valence-electron chi connectivity index (χ3n) is 2.86. The van der Waals surface area contributed by atoms with Gasteiger partial charge in [-0.05, 0) is 51.0 Å². The monoisotopic (exact) mass is 337 g/mol. The topological polar surface area (TPSA) is 0 Å². The Morgan fingerprint density at radius 1 is 0.647 bits per heavy atom. The van der Waals surface area contributed by atoms with E-state index in [0.717, 1.165) is 0 Å². The fraction of sp³-hybridized carbons (Fsp3) is 0.250. The summed E-state index contributed by atoms with van der Waals surface area (Å²) in [7, 11) is 0. The highest BCUT2D eigenvalue weighted by Crippen LogP contribution is 2.03. The first-order valence-corrected chi connectivity index (χ1v) is 8.01. The molecule has 0 unspecified atom stereocenters. The van der Waals surface area contributed by atoms with E-state index in [4.69, 9.17) is 0 Å². The molecule has 0 saturated heterocycles. The number of halogens is 1. The van der Waals surface area contributed by atoms with Gasteiger partial charge in [-0.3, -0.25) is 0 Å². The Morgan fingerprint density at radius 2 is 1.06 bits per heavy atom. The molecule has 1 heteroatoms. The van der Waals surface area contributed by atoms with Crippen molar-refractivity contribution in [2.75, 3.05) is 0 Å². The summed E-state index contributed by atoms with van der Waals surface area (Å²) in [6.45, 7) is 8.80. The summed E-state index contributed by atoms with van der Waals surface area (Å²) in [6, 6.07) is 13.6. The lowest BCUT2D eigenvalue weighted by Crippen LogP contribution is -3.62. The second-order valence-corrected chi connectivity index (χ2v) is 7.46. The van der Waals surface area contributed by atoms with Crippen molar-refractivity contribution in [2.45, 2.75) is 27.7 Å². The fourth-order valence-electron chi connectivity index (χ4n) is 1.71. The van der Waals surface area contributed by atoms with E-state index >= 15 is 0 Å². The Bertz CT molecular complexity index is 492. The van der Waals surface area contributed by atoms with E-state index in [-0.39, 0.29) is 21.2 Å². The lowest BCUT2D eigenvalue weighted by Gasteiger charge is -1.98. The van der Waals surface area contributed by atoms with Crippen molar-refractivity contribution in [3.63, 3.8) is 0 Å². The van der Waals surface area contributed by atoms with Crippen molar-refractivity contribution in [2.24, 2.45) is 0 Å². The summed E-state index contributed by atoms with van der Waals surface area (Å²) in [5, 5.41) is 0. The van der Waals surface area contributed by atoms with Gasteiger partial charge in [0.25, 0.3) is 0 Å². The van der Waals surface area contributed by atoms with Crippen LogP contribution in [0.1, 0.15) is 22.3 Å². The van der Waals surface area contributed by atoms with Crippen molar-refractivity contribution >= 4 is 0 Å². The van der Waals surface area contributed by atoms with Crippen molar-refractivity contribution in [1.29, 1.82) is 0 Å². The van der Waals surface area contributed by atoms with E-state index < -0.39 is 0 Å². The zero-order chi connectivity index (χ0) is 12.4. The Hall–Kier alpha value is -0.830. The van der Waals surface area contributed by atoms with E-state index in [0.29, 0.717) is 0 Å². The highest BCUT2D eigenvalue weighted by atomic mass is 127. The molecule has 2 rings (SSSR count). The van der Waals surface area contributed by atoms with Crippen LogP contribution in [-0.2, 0) is 0 Å². The van der Waals surface area contributed by atoms with Crippen LogP contribution >= 0.6 is 0 Å². The number of hydrogen-bond donors (Lipinski definition) is 0. The highest BCUT2D eigenvalue weighted by Gasteiger charge is 2.20. The van der Waals surface area contributed by atoms with Crippen molar-refractivity contribution in [3.8, 4) is 0 Å². The minimum Gasteiger partial charge on any atom is -0.0587 e. The molecule has 0 nitrogen and oxygen atoms in total. The largest absolute Gasteiger partial charge is 0.358 e. The van der Waals surface area contributed by atoms with Gasteiger partial charge in [0.2, 0.25) is 0 Å². The average Bonchev–Trinajstić information content (AvgIpc) is 2.28. The second-order valence-electron chi connectivity index (χ2n) is 4.60. The molecule has 0 radical (unpaired) electrons. The maximum atomic E-state index is 2.35. The average molecular weight is 337 g/mol. The standard InChI is InChI=1S/C16H18I/c1-11-5-7-13(3)15(9-11)17-16-10-12(2)6-8-14(16)4/h5-10H,1-4H3/q+1. The van der Waals surface area contributed by atoms with Crippen LogP contribution in [0.25, 0.3) is 0 Å². The highest BCUT2D eigenvalue weighted by molar-refractivity contribution is 5.22. The van der Waals surface area contributed by atoms with Crippen molar-refractivity contribution in [3.05, 3.63) is 65.8 Å². The van der Waals surface area contributed by atoms with Crippen LogP contribution in [0.5, 0.6) is 0 Å². The lowest BCUT2D eigenvalue weighted by atomic mass is 10.2. The Kier molecular flexibility index (Phi) is 3.87. The van der Waals surface area contributed by atoms with Crippen LogP contribution in [0, 0.1) is 34.8 Å². The maximum Gasteiger partial charge on any atom is 0.358 e. The van der Waals surface area contributed by atoms with Crippen LogP contribution in [0.4, 0.5) is 0 Å². The lowest BCUT2D eigenvalue weighted by molar-refractivity contribution is -0.598. The molecule has 0 aliphatic heterocycles. The Balaban J connectivity index is 2.37. The molecular formula is C16H18I+. The molecule has 2 aromatic carbocycles. The summed E-state index contributed by atoms with van der Waals surface area (Å²) >= 11 is -0.0483. The summed E-state index contributed by atoms with van der Waals surface area (Å²) in [5.41, 5.74) is 5.61. The number of hydrogen-bond acceptors (Lipinski definition) is 0. The van der Waals surface area contributed by atoms with Gasteiger partial charge in [-0.1, -0.05) is 24.3 Å². The molecule has 17 heavy (non-hydrogen) atoms. The molecule has 88 valence electrons. The second kappa shape index (κ2) is 5.21. The molecule has 2 aromatic rings. The van der Waals surface area contributed by atoms with Gasteiger partial charge < -0.3 is 0 Å². The molecule has 0 fully saturated rings. The minimum atomic E-state index is -0.0483. The summed E-state index contributed by atoms with van der Waals surface area (Å²) in [5.74, 6) is 0. The van der Waals surface area contributed by atoms with Crippen LogP contribution < -0.4 is 21.2 Å². The third kappa shape index (κ3) is 3.09. The Labute approximate surface area is 114 Å². The van der Waals surface area contributed by atoms with Gasteiger partial charge in [0.1, 0.15) is 0 Å². The van der Waals surface area contributed by atoms with Gasteiger partial charge in [0.05, 0.1) is 0 Å². The van der Waals surface area contributed by atoms with E-state index in [1.807, 2.05) is 0 Å². The molecule has 0 spiro atoms. The van der Waals surface area contributed by atoms with Crippen LogP contribution in [0.2, 0.25) is 0 Å². The van der Waals surface area contributed by atoms with Crippen LogP contribution in [0.15, 0.2) is 36.4 Å². The predicted octanol–water partition coefficient (Wildman–Crippen LogP) is 1.05. The van der Waals surface area contributed by atoms with E-state index in [9.17, 15) is 0 Å². The van der Waals surface area contributed by atoms with Crippen molar-refractivity contribution in [1.82, 2.24) is 0 Å². The van der Waals surface area contributed by atoms with Crippen LogP contribution in [-0.4, -0.2) is 0 Å². The predicted molar refractivity (Wildman–Crippen MR) is 69.2 cm³/mol. The molecule has 0 atom stereocenters. The molecule has 0 amide bonds. The molecule has 0 saturated carbocycles. The molecule has 0 bridgehead atoms. The zero-order valence-electron chi connectivity index (χ0n) is 10.8. The molecule has 0 heterocycles. The van der Waals surface area contributed by atoms with Gasteiger partial charge in [-0.15, -0.1) is 0 Å². The van der Waals surface area contributed by atoms with Gasteiger partial charge in [-0.25, -0.2) is 0 Å². The molecule has 0 aliphatic carbocycles. The summed E-state index contributed by atoms with van der Waals surface area (Å²) in [4.78, 5) is 0. The third-order valence-corrected chi connectivity index (χ3v) is 6.34. The molecule has 0 aromatic heterocycles. The van der Waals surface area contributed by atoms with Gasteiger partial charge >= 0.3 is 21.2 Å². The van der Waals surface area contributed by atoms with Gasteiger partial charge in [0.15, 0.2) is 7.14 Å². The first-order chi connectivity index (χ1) is 8.06. The van der Waals surface area contributed by atoms with Crippen molar-refractivity contribution < 1.29 is 21.2 Å². The van der Waals surface area contributed by atoms with E-state index in [1.165, 1.54) is 22.3 Å². The smallest absolute Gasteiger partial charge is 0.0587 e. The van der Waals surface area contributed by atoms with Gasteiger partial charge in [-0.2, -0.15) is 0 Å². The number of aryl methyl sites for hydroxylation is 4. The first-order valence-electron chi connectivity index (χ1n) is 5.85. The zero-order valence-corrected chi connectivity index (χ0v) is 13.0. The van der Waals surface area contributed by atoms with Gasteiger partial charge in [0, 0.05) is 11.1 Å². The molecular weight excluding hydrogens is 319 g/mol. The minimum absolute atomic E-state index is 0.0483. The molecule has 0 aliphatic rings. The summed E-state index contributed by atoms with van der Waals surface area (Å²) in [6.07, 6.45) is 0. The first kappa shape index (κ1) is 12.6. The normalized spacial score (nSPS) is 10.6. The van der Waals surface area contributed by atoms with E-state index in [1.54, 1.807) is 7.14 Å². The van der Waals surface area contributed by atoms with E-state index in [2.05, 4.69) is 64.1 Å². The number of benzene rings is 2. The number of rotatable bonds is 2. The molecule has 0 N–H and O–H groups in total. The summed E-state index contributed by atoms with van der Waals surface area (Å²) < 4.78 is 3.11. The Morgan fingerprint density at radius 3 is 1.47 bits per heavy atom. The van der Waals surface area contributed by atoms with Crippen LogP contribution in [0.3, 0.4) is 0 Å². The fourth-order valence-corrected chi connectivity index (χ4v) is 4.84. The quantitative estimate of drug-likeness (QED) is 0.719. The maximum absolute atomic E-state index is 2.35.